The van der Waals surface area contributed by atoms with Crippen molar-refractivity contribution in [1.29, 1.82) is 0 Å². The van der Waals surface area contributed by atoms with Crippen LogP contribution in [0.2, 0.25) is 0 Å². The van der Waals surface area contributed by atoms with Crippen LogP contribution in [0.1, 0.15) is 31.2 Å². The highest BCUT2D eigenvalue weighted by Gasteiger charge is 2.47. The van der Waals surface area contributed by atoms with E-state index >= 15 is 0 Å². The molecular weight excluding hydrogens is 298 g/mol. The SMILES string of the molecule is Cc1cc([N+](=O)[O-])cnc1NC[C@@H]1CCC2(CCOCC2)[C@@H]1O. The summed E-state index contributed by atoms with van der Waals surface area (Å²) in [5.74, 6) is 0.834. The van der Waals surface area contributed by atoms with Crippen molar-refractivity contribution in [2.45, 2.75) is 38.7 Å². The minimum atomic E-state index is -0.445. The fourth-order valence-corrected chi connectivity index (χ4v) is 3.89. The number of anilines is 1. The molecule has 1 aliphatic heterocycles. The van der Waals surface area contributed by atoms with Crippen molar-refractivity contribution >= 4 is 11.5 Å². The molecule has 7 nitrogen and oxygen atoms in total. The second-order valence-electron chi connectivity index (χ2n) is 6.72. The predicted molar refractivity (Wildman–Crippen MR) is 85.3 cm³/mol. The van der Waals surface area contributed by atoms with Gasteiger partial charge in [-0.1, -0.05) is 0 Å². The van der Waals surface area contributed by atoms with E-state index in [4.69, 9.17) is 4.74 Å². The summed E-state index contributed by atoms with van der Waals surface area (Å²) < 4.78 is 5.42. The summed E-state index contributed by atoms with van der Waals surface area (Å²) in [6.07, 6.45) is 4.83. The molecule has 2 aliphatic rings. The fraction of sp³-hybridized carbons (Fsp3) is 0.688. The summed E-state index contributed by atoms with van der Waals surface area (Å²) in [4.78, 5) is 14.4. The molecule has 126 valence electrons. The molecule has 0 unspecified atom stereocenters. The highest BCUT2D eigenvalue weighted by Crippen LogP contribution is 2.48. The number of aryl methyl sites for hydroxylation is 1. The summed E-state index contributed by atoms with van der Waals surface area (Å²) in [6, 6.07) is 1.51. The number of hydrogen-bond acceptors (Lipinski definition) is 6. The number of nitrogens with one attached hydrogen (secondary N) is 1. The van der Waals surface area contributed by atoms with Gasteiger partial charge in [-0.05, 0) is 38.2 Å². The number of ether oxygens (including phenoxy) is 1. The number of aromatic nitrogens is 1. The maximum absolute atomic E-state index is 10.7. The molecule has 0 aromatic carbocycles. The van der Waals surface area contributed by atoms with Crippen LogP contribution in [-0.4, -0.2) is 40.9 Å². The molecule has 2 heterocycles. The van der Waals surface area contributed by atoms with Crippen LogP contribution in [0, 0.1) is 28.4 Å². The Morgan fingerprint density at radius 3 is 2.87 bits per heavy atom. The lowest BCUT2D eigenvalue weighted by molar-refractivity contribution is -0.385. The van der Waals surface area contributed by atoms with E-state index in [-0.39, 0.29) is 23.1 Å². The first-order chi connectivity index (χ1) is 11.0. The zero-order valence-corrected chi connectivity index (χ0v) is 13.3. The third kappa shape index (κ3) is 3.16. The molecule has 2 fully saturated rings. The van der Waals surface area contributed by atoms with Crippen LogP contribution < -0.4 is 5.32 Å². The Morgan fingerprint density at radius 1 is 1.48 bits per heavy atom. The lowest BCUT2D eigenvalue weighted by atomic mass is 9.76. The standard InChI is InChI=1S/C16H23N3O4/c1-11-8-13(19(21)22)10-18-15(11)17-9-12-2-3-16(14(12)20)4-6-23-7-5-16/h8,10,12,14,20H,2-7,9H2,1H3,(H,17,18)/t12-,14+/m0/s1. The largest absolute Gasteiger partial charge is 0.392 e. The van der Waals surface area contributed by atoms with Crippen LogP contribution in [0.3, 0.4) is 0 Å². The zero-order chi connectivity index (χ0) is 16.4. The molecule has 7 heteroatoms. The van der Waals surface area contributed by atoms with Gasteiger partial charge in [-0.25, -0.2) is 4.98 Å². The second kappa shape index (κ2) is 6.41. The first kappa shape index (κ1) is 16.1. The first-order valence-corrected chi connectivity index (χ1v) is 8.12. The van der Waals surface area contributed by atoms with E-state index in [2.05, 4.69) is 10.3 Å². The third-order valence-corrected chi connectivity index (χ3v) is 5.38. The third-order valence-electron chi connectivity index (χ3n) is 5.38. The normalized spacial score (nSPS) is 26.3. The molecule has 0 amide bonds. The van der Waals surface area contributed by atoms with Crippen LogP contribution in [0.15, 0.2) is 12.3 Å². The number of rotatable bonds is 4. The van der Waals surface area contributed by atoms with Crippen molar-refractivity contribution in [3.05, 3.63) is 27.9 Å². The van der Waals surface area contributed by atoms with Crippen molar-refractivity contribution in [2.24, 2.45) is 11.3 Å². The topological polar surface area (TPSA) is 97.5 Å². The van der Waals surface area contributed by atoms with Gasteiger partial charge in [0.05, 0.1) is 11.0 Å². The van der Waals surface area contributed by atoms with Crippen LogP contribution in [0.25, 0.3) is 0 Å². The molecule has 1 aromatic rings. The van der Waals surface area contributed by atoms with Crippen LogP contribution in [0.4, 0.5) is 11.5 Å². The quantitative estimate of drug-likeness (QED) is 0.652. The van der Waals surface area contributed by atoms with E-state index in [9.17, 15) is 15.2 Å². The average molecular weight is 321 g/mol. The highest BCUT2D eigenvalue weighted by atomic mass is 16.6. The second-order valence-corrected chi connectivity index (χ2v) is 6.72. The van der Waals surface area contributed by atoms with Gasteiger partial charge in [-0.3, -0.25) is 10.1 Å². The number of aliphatic hydroxyl groups excluding tert-OH is 1. The molecule has 2 atom stereocenters. The Kier molecular flexibility index (Phi) is 4.50. The molecule has 0 bridgehead atoms. The highest BCUT2D eigenvalue weighted by molar-refractivity contribution is 5.48. The maximum Gasteiger partial charge on any atom is 0.287 e. The van der Waals surface area contributed by atoms with Crippen molar-refractivity contribution in [3.63, 3.8) is 0 Å². The molecule has 1 saturated heterocycles. The molecule has 3 rings (SSSR count). The number of nitrogens with zero attached hydrogens (tertiary/aromatic N) is 2. The van der Waals surface area contributed by atoms with Gasteiger partial charge in [0.1, 0.15) is 12.0 Å². The fourth-order valence-electron chi connectivity index (χ4n) is 3.89. The Hall–Kier alpha value is -1.73. The van der Waals surface area contributed by atoms with Gasteiger partial charge < -0.3 is 15.2 Å². The van der Waals surface area contributed by atoms with Crippen molar-refractivity contribution < 1.29 is 14.8 Å². The molecule has 0 radical (unpaired) electrons. The Labute approximate surface area is 135 Å². The van der Waals surface area contributed by atoms with Crippen molar-refractivity contribution in [2.75, 3.05) is 25.1 Å². The van der Waals surface area contributed by atoms with Gasteiger partial charge in [-0.15, -0.1) is 0 Å². The van der Waals surface area contributed by atoms with E-state index in [0.29, 0.717) is 12.4 Å². The zero-order valence-electron chi connectivity index (χ0n) is 13.3. The van der Waals surface area contributed by atoms with Gasteiger partial charge in [0, 0.05) is 37.2 Å². The minimum Gasteiger partial charge on any atom is -0.392 e. The number of pyridine rings is 1. The molecular formula is C16H23N3O4. The van der Waals surface area contributed by atoms with Gasteiger partial charge in [-0.2, -0.15) is 0 Å². The monoisotopic (exact) mass is 321 g/mol. The Morgan fingerprint density at radius 2 is 2.22 bits per heavy atom. The van der Waals surface area contributed by atoms with Crippen LogP contribution >= 0.6 is 0 Å². The average Bonchev–Trinajstić information content (AvgIpc) is 2.83. The molecule has 23 heavy (non-hydrogen) atoms. The summed E-state index contributed by atoms with van der Waals surface area (Å²) in [5, 5.41) is 24.7. The van der Waals surface area contributed by atoms with Gasteiger partial charge in [0.15, 0.2) is 0 Å². The summed E-state index contributed by atoms with van der Waals surface area (Å²) >= 11 is 0. The van der Waals surface area contributed by atoms with Crippen molar-refractivity contribution in [1.82, 2.24) is 4.98 Å². The minimum absolute atomic E-state index is 0.00453. The Balaban J connectivity index is 1.62. The van der Waals surface area contributed by atoms with E-state index in [0.717, 1.165) is 44.5 Å². The molecule has 1 spiro atoms. The van der Waals surface area contributed by atoms with Gasteiger partial charge in [0.25, 0.3) is 5.69 Å². The number of aliphatic hydroxyl groups is 1. The summed E-state index contributed by atoms with van der Waals surface area (Å²) in [6.45, 7) is 3.91. The summed E-state index contributed by atoms with van der Waals surface area (Å²) in [7, 11) is 0. The maximum atomic E-state index is 10.7. The molecule has 1 aromatic heterocycles. The van der Waals surface area contributed by atoms with Gasteiger partial charge in [0.2, 0.25) is 0 Å². The van der Waals surface area contributed by atoms with Crippen LogP contribution in [0.5, 0.6) is 0 Å². The summed E-state index contributed by atoms with van der Waals surface area (Å²) in [5.41, 5.74) is 0.755. The van der Waals surface area contributed by atoms with E-state index in [1.165, 1.54) is 12.3 Å². The van der Waals surface area contributed by atoms with Crippen LogP contribution in [-0.2, 0) is 4.74 Å². The van der Waals surface area contributed by atoms with E-state index in [1.54, 1.807) is 6.92 Å². The van der Waals surface area contributed by atoms with Gasteiger partial charge >= 0.3 is 0 Å². The lowest BCUT2D eigenvalue weighted by Gasteiger charge is -2.37. The smallest absolute Gasteiger partial charge is 0.287 e. The number of nitro groups is 1. The lowest BCUT2D eigenvalue weighted by Crippen LogP contribution is -2.40. The van der Waals surface area contributed by atoms with E-state index < -0.39 is 4.92 Å². The molecule has 1 aliphatic carbocycles. The molecule has 2 N–H and O–H groups in total. The van der Waals surface area contributed by atoms with E-state index in [1.807, 2.05) is 0 Å². The predicted octanol–water partition coefficient (Wildman–Crippen LogP) is 2.28. The Bertz CT molecular complexity index is 587. The number of hydrogen-bond donors (Lipinski definition) is 2. The van der Waals surface area contributed by atoms with Crippen molar-refractivity contribution in [3.8, 4) is 0 Å². The first-order valence-electron chi connectivity index (χ1n) is 8.12. The molecule has 1 saturated carbocycles.